The average Bonchev–Trinajstić information content (AvgIpc) is 2.89. The number of anilines is 1. The molecule has 20 heavy (non-hydrogen) atoms. The average molecular weight is 269 g/mol. The van der Waals surface area contributed by atoms with Gasteiger partial charge in [-0.15, -0.1) is 5.10 Å². The summed E-state index contributed by atoms with van der Waals surface area (Å²) in [5, 5.41) is 18.1. The summed E-state index contributed by atoms with van der Waals surface area (Å²) in [7, 11) is 0. The van der Waals surface area contributed by atoms with Crippen LogP contribution in [0.25, 0.3) is 0 Å². The lowest BCUT2D eigenvalue weighted by atomic mass is 9.96. The highest BCUT2D eigenvalue weighted by Crippen LogP contribution is 2.17. The summed E-state index contributed by atoms with van der Waals surface area (Å²) in [5.74, 6) is 0.364. The van der Waals surface area contributed by atoms with Gasteiger partial charge >= 0.3 is 0 Å². The maximum absolute atomic E-state index is 12.0. The van der Waals surface area contributed by atoms with Crippen molar-refractivity contribution in [2.75, 3.05) is 5.32 Å². The summed E-state index contributed by atoms with van der Waals surface area (Å²) < 4.78 is 0. The molecular weight excluding hydrogens is 254 g/mol. The lowest BCUT2D eigenvalue weighted by Gasteiger charge is -2.12. The molecule has 6 nitrogen and oxygen atoms in total. The van der Waals surface area contributed by atoms with Crippen LogP contribution in [0.15, 0.2) is 24.3 Å². The Morgan fingerprint density at radius 1 is 1.30 bits per heavy atom. The number of benzene rings is 1. The first-order valence-corrected chi connectivity index (χ1v) is 6.14. The zero-order valence-electron chi connectivity index (χ0n) is 11.6. The summed E-state index contributed by atoms with van der Waals surface area (Å²) in [5.41, 5.74) is 0.937. The van der Waals surface area contributed by atoms with Crippen molar-refractivity contribution in [1.29, 1.82) is 5.26 Å². The van der Waals surface area contributed by atoms with Crippen molar-refractivity contribution in [2.45, 2.75) is 26.2 Å². The predicted molar refractivity (Wildman–Crippen MR) is 74.2 cm³/mol. The van der Waals surface area contributed by atoms with E-state index in [2.05, 4.69) is 20.5 Å². The fourth-order valence-corrected chi connectivity index (χ4v) is 1.51. The van der Waals surface area contributed by atoms with Gasteiger partial charge in [0.05, 0.1) is 11.6 Å². The Kier molecular flexibility index (Phi) is 3.53. The first-order chi connectivity index (χ1) is 9.40. The first kappa shape index (κ1) is 13.7. The zero-order chi connectivity index (χ0) is 14.8. The summed E-state index contributed by atoms with van der Waals surface area (Å²) in [6, 6.07) is 8.60. The largest absolute Gasteiger partial charge is 0.319 e. The van der Waals surface area contributed by atoms with Gasteiger partial charge in [0, 0.05) is 11.1 Å². The van der Waals surface area contributed by atoms with E-state index in [0.29, 0.717) is 17.1 Å². The quantitative estimate of drug-likeness (QED) is 0.874. The van der Waals surface area contributed by atoms with Crippen molar-refractivity contribution in [2.24, 2.45) is 0 Å². The smallest absolute Gasteiger partial charge is 0.295 e. The van der Waals surface area contributed by atoms with Crippen LogP contribution in [0.1, 0.15) is 42.8 Å². The van der Waals surface area contributed by atoms with Crippen molar-refractivity contribution in [3.63, 3.8) is 0 Å². The number of nitrogens with zero attached hydrogens (tertiary/aromatic N) is 3. The standard InChI is InChI=1S/C14H15N5O/c1-14(2,3)13-17-11(18-19-13)12(20)16-10-6-4-9(8-15)5-7-10/h4-7H,1-3H3,(H,16,20)(H,17,18,19). The number of amides is 1. The molecule has 102 valence electrons. The molecule has 1 heterocycles. The summed E-state index contributed by atoms with van der Waals surface area (Å²) in [4.78, 5) is 16.2. The topological polar surface area (TPSA) is 94.5 Å². The fraction of sp³-hybridized carbons (Fsp3) is 0.286. The Hall–Kier alpha value is -2.68. The summed E-state index contributed by atoms with van der Waals surface area (Å²) in [6.45, 7) is 5.95. The van der Waals surface area contributed by atoms with Gasteiger partial charge in [-0.25, -0.2) is 4.98 Å². The van der Waals surface area contributed by atoms with E-state index in [1.165, 1.54) is 0 Å². The van der Waals surface area contributed by atoms with Crippen molar-refractivity contribution < 1.29 is 4.79 Å². The minimum atomic E-state index is -0.388. The van der Waals surface area contributed by atoms with Gasteiger partial charge in [0.15, 0.2) is 0 Å². The second kappa shape index (κ2) is 5.13. The molecule has 1 aromatic carbocycles. The number of H-pyrrole nitrogens is 1. The number of nitriles is 1. The van der Waals surface area contributed by atoms with E-state index in [-0.39, 0.29) is 17.1 Å². The molecule has 0 fully saturated rings. The van der Waals surface area contributed by atoms with Crippen molar-refractivity contribution in [3.05, 3.63) is 41.5 Å². The molecule has 0 aliphatic heterocycles. The molecule has 6 heteroatoms. The van der Waals surface area contributed by atoms with Crippen LogP contribution in [0.2, 0.25) is 0 Å². The third kappa shape index (κ3) is 3.01. The Morgan fingerprint density at radius 3 is 2.45 bits per heavy atom. The summed E-state index contributed by atoms with van der Waals surface area (Å²) >= 11 is 0. The van der Waals surface area contributed by atoms with Gasteiger partial charge in [0.1, 0.15) is 5.82 Å². The number of carbonyl (C=O) groups is 1. The lowest BCUT2D eigenvalue weighted by molar-refractivity contribution is 0.101. The van der Waals surface area contributed by atoms with Crippen LogP contribution < -0.4 is 5.32 Å². The molecule has 0 spiro atoms. The molecule has 0 bridgehead atoms. The van der Waals surface area contributed by atoms with E-state index in [4.69, 9.17) is 5.26 Å². The molecule has 1 aromatic heterocycles. The van der Waals surface area contributed by atoms with E-state index in [1.807, 2.05) is 26.8 Å². The molecule has 2 aromatic rings. The first-order valence-electron chi connectivity index (χ1n) is 6.14. The van der Waals surface area contributed by atoms with Crippen LogP contribution in [-0.2, 0) is 5.41 Å². The van der Waals surface area contributed by atoms with Gasteiger partial charge in [-0.2, -0.15) is 5.26 Å². The van der Waals surface area contributed by atoms with Gasteiger partial charge in [0.25, 0.3) is 5.91 Å². The normalized spacial score (nSPS) is 10.9. The molecule has 2 N–H and O–H groups in total. The van der Waals surface area contributed by atoms with E-state index >= 15 is 0 Å². The van der Waals surface area contributed by atoms with Gasteiger partial charge in [0.2, 0.25) is 5.82 Å². The monoisotopic (exact) mass is 269 g/mol. The Bertz CT molecular complexity index is 658. The molecule has 0 atom stereocenters. The molecule has 0 aliphatic carbocycles. The Labute approximate surface area is 116 Å². The zero-order valence-corrected chi connectivity index (χ0v) is 11.6. The molecule has 0 aliphatic rings. The van der Waals surface area contributed by atoms with Gasteiger partial charge in [-0.3, -0.25) is 9.89 Å². The molecule has 2 rings (SSSR count). The van der Waals surface area contributed by atoms with E-state index in [9.17, 15) is 4.79 Å². The highest BCUT2D eigenvalue weighted by molar-refractivity contribution is 6.01. The van der Waals surface area contributed by atoms with Crippen LogP contribution in [0.4, 0.5) is 5.69 Å². The second-order valence-corrected chi connectivity index (χ2v) is 5.40. The number of aromatic amines is 1. The predicted octanol–water partition coefficient (Wildman–Crippen LogP) is 2.23. The molecule has 0 saturated carbocycles. The molecular formula is C14H15N5O. The number of hydrogen-bond acceptors (Lipinski definition) is 4. The van der Waals surface area contributed by atoms with Crippen molar-refractivity contribution >= 4 is 11.6 Å². The lowest BCUT2D eigenvalue weighted by Crippen LogP contribution is -2.16. The number of rotatable bonds is 2. The maximum atomic E-state index is 12.0. The molecule has 0 radical (unpaired) electrons. The van der Waals surface area contributed by atoms with Crippen LogP contribution in [-0.4, -0.2) is 21.1 Å². The fourth-order valence-electron chi connectivity index (χ4n) is 1.51. The second-order valence-electron chi connectivity index (χ2n) is 5.40. The Balaban J connectivity index is 2.12. The maximum Gasteiger partial charge on any atom is 0.295 e. The number of aromatic nitrogens is 3. The third-order valence-corrected chi connectivity index (χ3v) is 2.67. The molecule has 1 amide bonds. The molecule has 0 unspecified atom stereocenters. The van der Waals surface area contributed by atoms with E-state index < -0.39 is 0 Å². The van der Waals surface area contributed by atoms with Gasteiger partial charge in [-0.05, 0) is 24.3 Å². The highest BCUT2D eigenvalue weighted by atomic mass is 16.2. The van der Waals surface area contributed by atoms with Crippen LogP contribution in [0.5, 0.6) is 0 Å². The van der Waals surface area contributed by atoms with Gasteiger partial charge in [-0.1, -0.05) is 20.8 Å². The third-order valence-electron chi connectivity index (χ3n) is 2.67. The minimum Gasteiger partial charge on any atom is -0.319 e. The van der Waals surface area contributed by atoms with Crippen molar-refractivity contribution in [3.8, 4) is 6.07 Å². The minimum absolute atomic E-state index is 0.0966. The van der Waals surface area contributed by atoms with Crippen LogP contribution in [0, 0.1) is 11.3 Å². The van der Waals surface area contributed by atoms with E-state index in [0.717, 1.165) is 0 Å². The Morgan fingerprint density at radius 2 is 1.95 bits per heavy atom. The number of carbonyl (C=O) groups excluding carboxylic acids is 1. The molecule has 0 saturated heterocycles. The van der Waals surface area contributed by atoms with Crippen LogP contribution >= 0.6 is 0 Å². The van der Waals surface area contributed by atoms with E-state index in [1.54, 1.807) is 24.3 Å². The van der Waals surface area contributed by atoms with Gasteiger partial charge < -0.3 is 5.32 Å². The highest BCUT2D eigenvalue weighted by Gasteiger charge is 2.21. The SMILES string of the molecule is CC(C)(C)c1nc(C(=O)Nc2ccc(C#N)cc2)n[nH]1. The number of nitrogens with one attached hydrogen (secondary N) is 2. The van der Waals surface area contributed by atoms with Crippen LogP contribution in [0.3, 0.4) is 0 Å². The number of hydrogen-bond donors (Lipinski definition) is 2. The van der Waals surface area contributed by atoms with Crippen molar-refractivity contribution in [1.82, 2.24) is 15.2 Å². The summed E-state index contributed by atoms with van der Waals surface area (Å²) in [6.07, 6.45) is 0.